The van der Waals surface area contributed by atoms with E-state index in [1.165, 1.54) is 0 Å². The molecule has 0 aliphatic carbocycles. The molecule has 0 rings (SSSR count). The first kappa shape index (κ1) is 19.6. The van der Waals surface area contributed by atoms with Crippen LogP contribution in [0.4, 0.5) is 0 Å². The van der Waals surface area contributed by atoms with Crippen molar-refractivity contribution >= 4 is 11.9 Å². The van der Waals surface area contributed by atoms with Gasteiger partial charge in [-0.3, -0.25) is 14.5 Å². The topological polar surface area (TPSA) is 89.9 Å². The van der Waals surface area contributed by atoms with E-state index < -0.39 is 5.97 Å². The van der Waals surface area contributed by atoms with Crippen LogP contribution in [0, 0.1) is 0 Å². The predicted molar refractivity (Wildman–Crippen MR) is 81.8 cm³/mol. The van der Waals surface area contributed by atoms with E-state index in [2.05, 4.69) is 11.4 Å². The number of carbonyl (C=O) groups is 2. The van der Waals surface area contributed by atoms with Crippen molar-refractivity contribution in [3.8, 4) is 0 Å². The summed E-state index contributed by atoms with van der Waals surface area (Å²) in [7, 11) is 0. The smallest absolute Gasteiger partial charge is 0.304 e. The Morgan fingerprint density at radius 1 is 1.14 bits per heavy atom. The molecule has 0 aromatic carbocycles. The number of hydrogen-bond donors (Lipinski definition) is 3. The Bertz CT molecular complexity index is 319. The van der Waals surface area contributed by atoms with E-state index in [4.69, 9.17) is 10.2 Å². The number of rotatable bonds is 13. The van der Waals surface area contributed by atoms with Gasteiger partial charge in [0.15, 0.2) is 0 Å². The fraction of sp³-hybridized carbons (Fsp3) is 0.733. The largest absolute Gasteiger partial charge is 0.481 e. The minimum atomic E-state index is -0.862. The molecular formula is C15H28N2O4. The first-order chi connectivity index (χ1) is 10.1. The third kappa shape index (κ3) is 13.3. The summed E-state index contributed by atoms with van der Waals surface area (Å²) in [6.07, 6.45) is 8.01. The van der Waals surface area contributed by atoms with Crippen LogP contribution in [0.1, 0.15) is 45.4 Å². The number of allylic oxidation sites excluding steroid dienone is 2. The zero-order valence-corrected chi connectivity index (χ0v) is 12.9. The van der Waals surface area contributed by atoms with Crippen molar-refractivity contribution in [3.05, 3.63) is 12.2 Å². The lowest BCUT2D eigenvalue weighted by Gasteiger charge is -2.21. The summed E-state index contributed by atoms with van der Waals surface area (Å²) >= 11 is 0. The average molecular weight is 300 g/mol. The highest BCUT2D eigenvalue weighted by molar-refractivity contribution is 5.75. The van der Waals surface area contributed by atoms with Crippen LogP contribution in [-0.2, 0) is 9.59 Å². The average Bonchev–Trinajstić information content (AvgIpc) is 2.46. The van der Waals surface area contributed by atoms with Crippen LogP contribution in [0.2, 0.25) is 0 Å². The molecule has 0 saturated heterocycles. The number of nitrogens with one attached hydrogen (secondary N) is 1. The van der Waals surface area contributed by atoms with E-state index in [1.54, 1.807) is 0 Å². The van der Waals surface area contributed by atoms with Crippen molar-refractivity contribution in [3.63, 3.8) is 0 Å². The maximum Gasteiger partial charge on any atom is 0.304 e. The number of hydrogen-bond acceptors (Lipinski definition) is 4. The highest BCUT2D eigenvalue weighted by atomic mass is 16.4. The van der Waals surface area contributed by atoms with Gasteiger partial charge >= 0.3 is 5.97 Å². The molecule has 0 aliphatic rings. The standard InChI is InChI=1S/C15H28N2O4/c1-2-3-4-5-6-8-14(19)16-13-17(10-7-12-18)11-9-15(20)21/h2-3,18H,4-13H2,1H3,(H,16,19)(H,20,21)/b3-2+. The molecule has 6 heteroatoms. The van der Waals surface area contributed by atoms with Gasteiger partial charge in [-0.15, -0.1) is 0 Å². The number of carboxylic acid groups (broad SMARTS) is 1. The normalized spacial score (nSPS) is 11.2. The molecule has 0 bridgehead atoms. The number of nitrogens with zero attached hydrogens (tertiary/aromatic N) is 1. The number of unbranched alkanes of at least 4 members (excludes halogenated alkanes) is 2. The molecular weight excluding hydrogens is 272 g/mol. The molecule has 0 heterocycles. The third-order valence-corrected chi connectivity index (χ3v) is 3.03. The number of aliphatic hydroxyl groups is 1. The van der Waals surface area contributed by atoms with Crippen LogP contribution in [0.5, 0.6) is 0 Å². The van der Waals surface area contributed by atoms with E-state index in [0.29, 0.717) is 32.6 Å². The summed E-state index contributed by atoms with van der Waals surface area (Å²) < 4.78 is 0. The summed E-state index contributed by atoms with van der Waals surface area (Å²) in [5.41, 5.74) is 0. The maximum absolute atomic E-state index is 11.7. The number of carboxylic acids is 1. The van der Waals surface area contributed by atoms with Crippen molar-refractivity contribution < 1.29 is 19.8 Å². The van der Waals surface area contributed by atoms with Crippen LogP contribution in [-0.4, -0.2) is 53.4 Å². The lowest BCUT2D eigenvalue weighted by molar-refractivity contribution is -0.137. The second kappa shape index (κ2) is 13.6. The Balaban J connectivity index is 3.86. The summed E-state index contributed by atoms with van der Waals surface area (Å²) in [6, 6.07) is 0. The lowest BCUT2D eigenvalue weighted by Crippen LogP contribution is -2.39. The van der Waals surface area contributed by atoms with Crippen LogP contribution >= 0.6 is 0 Å². The van der Waals surface area contributed by atoms with Crippen molar-refractivity contribution in [1.29, 1.82) is 0 Å². The number of aliphatic hydroxyl groups excluding tert-OH is 1. The molecule has 0 fully saturated rings. The van der Waals surface area contributed by atoms with Gasteiger partial charge in [-0.25, -0.2) is 0 Å². The van der Waals surface area contributed by atoms with Gasteiger partial charge in [0.25, 0.3) is 0 Å². The second-order valence-electron chi connectivity index (χ2n) is 4.91. The highest BCUT2D eigenvalue weighted by Crippen LogP contribution is 2.01. The Labute approximate surface area is 126 Å². The molecule has 0 atom stereocenters. The minimum Gasteiger partial charge on any atom is -0.481 e. The van der Waals surface area contributed by atoms with E-state index >= 15 is 0 Å². The monoisotopic (exact) mass is 300 g/mol. The van der Waals surface area contributed by atoms with Gasteiger partial charge in [-0.2, -0.15) is 0 Å². The van der Waals surface area contributed by atoms with Gasteiger partial charge in [0.2, 0.25) is 5.91 Å². The summed E-state index contributed by atoms with van der Waals surface area (Å²) in [4.78, 5) is 24.1. The van der Waals surface area contributed by atoms with Gasteiger partial charge in [0.05, 0.1) is 13.1 Å². The minimum absolute atomic E-state index is 0.0141. The van der Waals surface area contributed by atoms with Gasteiger partial charge in [-0.1, -0.05) is 12.2 Å². The quantitative estimate of drug-likeness (QED) is 0.271. The highest BCUT2D eigenvalue weighted by Gasteiger charge is 2.09. The zero-order chi connectivity index (χ0) is 15.9. The molecule has 0 saturated carbocycles. The van der Waals surface area contributed by atoms with Gasteiger partial charge in [-0.05, 0) is 32.6 Å². The molecule has 122 valence electrons. The van der Waals surface area contributed by atoms with Crippen LogP contribution in [0.25, 0.3) is 0 Å². The molecule has 0 aromatic heterocycles. The van der Waals surface area contributed by atoms with Crippen molar-refractivity contribution in [1.82, 2.24) is 10.2 Å². The summed E-state index contributed by atoms with van der Waals surface area (Å²) in [6.45, 7) is 3.32. The number of aliphatic carboxylic acids is 1. The summed E-state index contributed by atoms with van der Waals surface area (Å²) in [5.74, 6) is -0.876. The first-order valence-corrected chi connectivity index (χ1v) is 7.53. The first-order valence-electron chi connectivity index (χ1n) is 7.53. The number of carbonyl (C=O) groups excluding carboxylic acids is 1. The molecule has 1 amide bonds. The fourth-order valence-corrected chi connectivity index (χ4v) is 1.82. The maximum atomic E-state index is 11.7. The SMILES string of the molecule is C/C=C/CCCCC(=O)NCN(CCCO)CCC(=O)O. The Kier molecular flexibility index (Phi) is 12.7. The Morgan fingerprint density at radius 2 is 1.90 bits per heavy atom. The molecule has 3 N–H and O–H groups in total. The zero-order valence-electron chi connectivity index (χ0n) is 12.9. The van der Waals surface area contributed by atoms with E-state index in [0.717, 1.165) is 19.3 Å². The van der Waals surface area contributed by atoms with Gasteiger partial charge < -0.3 is 15.5 Å². The van der Waals surface area contributed by atoms with Crippen molar-refractivity contribution in [2.75, 3.05) is 26.4 Å². The van der Waals surface area contributed by atoms with Crippen LogP contribution < -0.4 is 5.32 Å². The van der Waals surface area contributed by atoms with E-state index in [1.807, 2.05) is 17.9 Å². The lowest BCUT2D eigenvalue weighted by atomic mass is 10.2. The third-order valence-electron chi connectivity index (χ3n) is 3.03. The van der Waals surface area contributed by atoms with E-state index in [-0.39, 0.29) is 18.9 Å². The van der Waals surface area contributed by atoms with Crippen LogP contribution in [0.15, 0.2) is 12.2 Å². The van der Waals surface area contributed by atoms with Crippen molar-refractivity contribution in [2.24, 2.45) is 0 Å². The van der Waals surface area contributed by atoms with E-state index in [9.17, 15) is 9.59 Å². The Morgan fingerprint density at radius 3 is 2.52 bits per heavy atom. The second-order valence-corrected chi connectivity index (χ2v) is 4.91. The molecule has 6 nitrogen and oxygen atoms in total. The van der Waals surface area contributed by atoms with Crippen LogP contribution in [0.3, 0.4) is 0 Å². The van der Waals surface area contributed by atoms with Crippen molar-refractivity contribution in [2.45, 2.75) is 45.4 Å². The molecule has 0 aliphatic heterocycles. The van der Waals surface area contributed by atoms with Gasteiger partial charge in [0, 0.05) is 26.1 Å². The summed E-state index contributed by atoms with van der Waals surface area (Å²) in [5, 5.41) is 20.3. The molecule has 0 unspecified atom stereocenters. The predicted octanol–water partition coefficient (Wildman–Crippen LogP) is 1.36. The molecule has 21 heavy (non-hydrogen) atoms. The fourth-order valence-electron chi connectivity index (χ4n) is 1.82. The molecule has 0 radical (unpaired) electrons. The molecule has 0 spiro atoms. The molecule has 0 aromatic rings. The number of amides is 1. The van der Waals surface area contributed by atoms with Gasteiger partial charge in [0.1, 0.15) is 0 Å². The Hall–Kier alpha value is -1.40.